The average Bonchev–Trinajstić information content (AvgIpc) is 3.24. The molecule has 6 heteroatoms. The lowest BCUT2D eigenvalue weighted by Crippen LogP contribution is -2.39. The molecule has 3 heterocycles. The molecule has 1 amide bonds. The highest BCUT2D eigenvalue weighted by Crippen LogP contribution is 2.22. The number of hydrogen-bond acceptors (Lipinski definition) is 3. The van der Waals surface area contributed by atoms with Crippen molar-refractivity contribution in [2.75, 3.05) is 13.1 Å². The maximum atomic E-state index is 12.7. The molecule has 5 nitrogen and oxygen atoms in total. The smallest absolute Gasteiger partial charge is 0.253 e. The molecule has 2 aliphatic heterocycles. The molecule has 1 aromatic heterocycles. The van der Waals surface area contributed by atoms with Crippen LogP contribution in [-0.2, 0) is 0 Å². The zero-order valence-corrected chi connectivity index (χ0v) is 14.7. The first-order chi connectivity index (χ1) is 11.7. The zero-order valence-electron chi connectivity index (χ0n) is 13.9. The Kier molecular flexibility index (Phi) is 5.25. The molecule has 0 spiro atoms. The summed E-state index contributed by atoms with van der Waals surface area (Å²) in [7, 11) is 0. The third-order valence-electron chi connectivity index (χ3n) is 5.06. The number of likely N-dealkylation sites (tertiary alicyclic amines) is 1. The highest BCUT2D eigenvalue weighted by Gasteiger charge is 2.31. The Hall–Kier alpha value is -2.11. The van der Waals surface area contributed by atoms with Gasteiger partial charge >= 0.3 is 0 Å². The van der Waals surface area contributed by atoms with Crippen molar-refractivity contribution < 1.29 is 9.59 Å². The van der Waals surface area contributed by atoms with Crippen molar-refractivity contribution in [1.29, 1.82) is 0 Å². The number of carbonyl (C=O) groups excluding carboxylic acids is 2. The van der Waals surface area contributed by atoms with Crippen molar-refractivity contribution in [1.82, 2.24) is 15.2 Å². The van der Waals surface area contributed by atoms with Gasteiger partial charge in [0.1, 0.15) is 0 Å². The number of hydrogen-bond donors (Lipinski definition) is 2. The van der Waals surface area contributed by atoms with Gasteiger partial charge in [0.05, 0.1) is 0 Å². The number of aromatic nitrogens is 1. The maximum Gasteiger partial charge on any atom is 0.253 e. The molecular weight excluding hydrogens is 338 g/mol. The fourth-order valence-electron chi connectivity index (χ4n) is 3.71. The lowest BCUT2D eigenvalue weighted by molar-refractivity contribution is 0.0747. The Morgan fingerprint density at radius 2 is 1.64 bits per heavy atom. The molecule has 2 aliphatic rings. The SMILES string of the molecule is Cl.O=C(c1ccc(C(=O)N2CCC3CCC(C2)N3)cc1)c1cc[nH]c1. The van der Waals surface area contributed by atoms with Gasteiger partial charge in [-0.3, -0.25) is 9.59 Å². The Balaban J connectivity index is 0.00000182. The molecule has 2 aromatic rings. The number of amides is 1. The van der Waals surface area contributed by atoms with E-state index in [-0.39, 0.29) is 24.1 Å². The van der Waals surface area contributed by atoms with Gasteiger partial charge in [-0.05, 0) is 37.5 Å². The molecule has 2 atom stereocenters. The summed E-state index contributed by atoms with van der Waals surface area (Å²) in [6.45, 7) is 1.58. The lowest BCUT2D eigenvalue weighted by atomic mass is 10.0. The van der Waals surface area contributed by atoms with Gasteiger partial charge in [0.15, 0.2) is 5.78 Å². The summed E-state index contributed by atoms with van der Waals surface area (Å²) < 4.78 is 0. The van der Waals surface area contributed by atoms with E-state index in [1.165, 1.54) is 6.42 Å². The van der Waals surface area contributed by atoms with E-state index in [9.17, 15) is 9.59 Å². The normalized spacial score (nSPS) is 22.2. The minimum atomic E-state index is -0.0356. The van der Waals surface area contributed by atoms with Gasteiger partial charge < -0.3 is 15.2 Å². The van der Waals surface area contributed by atoms with E-state index < -0.39 is 0 Å². The monoisotopic (exact) mass is 359 g/mol. The summed E-state index contributed by atoms with van der Waals surface area (Å²) in [5.74, 6) is 0.0246. The molecule has 25 heavy (non-hydrogen) atoms. The molecule has 2 fully saturated rings. The number of carbonyl (C=O) groups is 2. The van der Waals surface area contributed by atoms with Crippen LogP contribution in [0, 0.1) is 0 Å². The first-order valence-corrected chi connectivity index (χ1v) is 8.53. The third kappa shape index (κ3) is 3.62. The van der Waals surface area contributed by atoms with Gasteiger partial charge in [0, 0.05) is 54.3 Å². The topological polar surface area (TPSA) is 65.2 Å². The van der Waals surface area contributed by atoms with Crippen LogP contribution >= 0.6 is 12.4 Å². The van der Waals surface area contributed by atoms with Crippen LogP contribution in [0.4, 0.5) is 0 Å². The quantitative estimate of drug-likeness (QED) is 0.828. The van der Waals surface area contributed by atoms with Crippen molar-refractivity contribution in [3.8, 4) is 0 Å². The second-order valence-electron chi connectivity index (χ2n) is 6.68. The minimum absolute atomic E-state index is 0. The molecule has 0 saturated carbocycles. The first kappa shape index (κ1) is 17.7. The fourth-order valence-corrected chi connectivity index (χ4v) is 3.71. The van der Waals surface area contributed by atoms with E-state index in [2.05, 4.69) is 10.3 Å². The number of fused-ring (bicyclic) bond motifs is 2. The van der Waals surface area contributed by atoms with Crippen molar-refractivity contribution >= 4 is 24.1 Å². The number of ketones is 1. The van der Waals surface area contributed by atoms with Gasteiger partial charge in [-0.25, -0.2) is 0 Å². The highest BCUT2D eigenvalue weighted by molar-refractivity contribution is 6.09. The summed E-state index contributed by atoms with van der Waals surface area (Å²) in [5, 5.41) is 3.59. The summed E-state index contributed by atoms with van der Waals surface area (Å²) in [6.07, 6.45) is 6.81. The lowest BCUT2D eigenvalue weighted by Gasteiger charge is -2.24. The first-order valence-electron chi connectivity index (χ1n) is 8.53. The number of rotatable bonds is 3. The van der Waals surface area contributed by atoms with Gasteiger partial charge in [-0.2, -0.15) is 0 Å². The van der Waals surface area contributed by atoms with E-state index in [1.807, 2.05) is 4.90 Å². The molecule has 4 rings (SSSR count). The standard InChI is InChI=1S/C19H21N3O2.ClH/c23-18(15-7-9-20-11-15)13-1-3-14(4-2-13)19(24)22-10-8-16-5-6-17(12-22)21-16;/h1-4,7,9,11,16-17,20-21H,5-6,8,10,12H2;1H. The summed E-state index contributed by atoms with van der Waals surface area (Å²) in [4.78, 5) is 29.9. The van der Waals surface area contributed by atoms with Crippen molar-refractivity contribution in [2.45, 2.75) is 31.3 Å². The van der Waals surface area contributed by atoms with E-state index in [1.54, 1.807) is 42.7 Å². The predicted molar refractivity (Wildman–Crippen MR) is 98.4 cm³/mol. The maximum absolute atomic E-state index is 12.7. The van der Waals surface area contributed by atoms with Crippen molar-refractivity contribution in [3.63, 3.8) is 0 Å². The van der Waals surface area contributed by atoms with Crippen LogP contribution in [0.25, 0.3) is 0 Å². The van der Waals surface area contributed by atoms with Crippen LogP contribution in [0.3, 0.4) is 0 Å². The summed E-state index contributed by atoms with van der Waals surface area (Å²) in [6, 6.07) is 9.75. The summed E-state index contributed by atoms with van der Waals surface area (Å²) >= 11 is 0. The predicted octanol–water partition coefficient (Wildman–Crippen LogP) is 2.63. The van der Waals surface area contributed by atoms with E-state index in [4.69, 9.17) is 0 Å². The Morgan fingerprint density at radius 3 is 2.36 bits per heavy atom. The molecule has 0 radical (unpaired) electrons. The number of benzene rings is 1. The average molecular weight is 360 g/mol. The van der Waals surface area contributed by atoms with Crippen LogP contribution < -0.4 is 5.32 Å². The van der Waals surface area contributed by atoms with Gasteiger partial charge in [0.2, 0.25) is 0 Å². The number of nitrogens with one attached hydrogen (secondary N) is 2. The van der Waals surface area contributed by atoms with Gasteiger partial charge in [-0.1, -0.05) is 12.1 Å². The number of nitrogens with zero attached hydrogens (tertiary/aromatic N) is 1. The number of H-pyrrole nitrogens is 1. The van der Waals surface area contributed by atoms with E-state index in [0.717, 1.165) is 25.9 Å². The highest BCUT2D eigenvalue weighted by atomic mass is 35.5. The molecule has 2 unspecified atom stereocenters. The second-order valence-corrected chi connectivity index (χ2v) is 6.68. The molecule has 2 saturated heterocycles. The largest absolute Gasteiger partial charge is 0.367 e. The van der Waals surface area contributed by atoms with Crippen LogP contribution in [0.2, 0.25) is 0 Å². The minimum Gasteiger partial charge on any atom is -0.367 e. The Morgan fingerprint density at radius 1 is 0.920 bits per heavy atom. The van der Waals surface area contributed by atoms with Gasteiger partial charge in [0.25, 0.3) is 5.91 Å². The van der Waals surface area contributed by atoms with Crippen LogP contribution in [0.15, 0.2) is 42.7 Å². The van der Waals surface area contributed by atoms with Crippen LogP contribution in [-0.4, -0.2) is 46.7 Å². The van der Waals surface area contributed by atoms with E-state index >= 15 is 0 Å². The second kappa shape index (κ2) is 7.42. The number of aromatic amines is 1. The molecule has 2 N–H and O–H groups in total. The molecule has 2 bridgehead atoms. The van der Waals surface area contributed by atoms with Crippen LogP contribution in [0.1, 0.15) is 45.5 Å². The molecule has 1 aromatic carbocycles. The third-order valence-corrected chi connectivity index (χ3v) is 5.06. The molecular formula is C19H22ClN3O2. The van der Waals surface area contributed by atoms with Crippen molar-refractivity contribution in [2.24, 2.45) is 0 Å². The van der Waals surface area contributed by atoms with Gasteiger partial charge in [-0.15, -0.1) is 12.4 Å². The van der Waals surface area contributed by atoms with Crippen molar-refractivity contribution in [3.05, 3.63) is 59.4 Å². The molecule has 132 valence electrons. The molecule has 0 aliphatic carbocycles. The van der Waals surface area contributed by atoms with Crippen LogP contribution in [0.5, 0.6) is 0 Å². The Labute approximate surface area is 153 Å². The summed E-state index contributed by atoms with van der Waals surface area (Å²) in [5.41, 5.74) is 1.88. The van der Waals surface area contributed by atoms with E-state index in [0.29, 0.717) is 28.8 Å². The number of halogens is 1. The Bertz CT molecular complexity index is 743. The fraction of sp³-hybridized carbons (Fsp3) is 0.368. The zero-order chi connectivity index (χ0) is 16.5.